The number of ketones is 1. The molecule has 144 valence electrons. The van der Waals surface area contributed by atoms with Crippen molar-refractivity contribution in [1.29, 1.82) is 0 Å². The van der Waals surface area contributed by atoms with Crippen molar-refractivity contribution in [3.63, 3.8) is 0 Å². The molecule has 1 amide bonds. The zero-order valence-corrected chi connectivity index (χ0v) is 16.7. The van der Waals surface area contributed by atoms with Crippen LogP contribution >= 0.6 is 11.3 Å². The van der Waals surface area contributed by atoms with Crippen LogP contribution in [-0.4, -0.2) is 18.3 Å². The molecule has 1 atom stereocenters. The highest BCUT2D eigenvalue weighted by molar-refractivity contribution is 7.10. The van der Waals surface area contributed by atoms with Gasteiger partial charge < -0.3 is 10.1 Å². The van der Waals surface area contributed by atoms with Crippen LogP contribution in [0.4, 0.5) is 0 Å². The summed E-state index contributed by atoms with van der Waals surface area (Å²) in [5, 5.41) is 5.04. The Balaban J connectivity index is 1.56. The molecule has 1 heterocycles. The Morgan fingerprint density at radius 1 is 0.929 bits per heavy atom. The lowest BCUT2D eigenvalue weighted by Crippen LogP contribution is -2.34. The molecule has 2 aromatic carbocycles. The lowest BCUT2D eigenvalue weighted by molar-refractivity contribution is -0.124. The predicted molar refractivity (Wildman–Crippen MR) is 112 cm³/mol. The van der Waals surface area contributed by atoms with E-state index >= 15 is 0 Å². The third kappa shape index (κ3) is 5.08. The largest absolute Gasteiger partial charge is 0.484 e. The Hall–Kier alpha value is -2.92. The third-order valence-corrected chi connectivity index (χ3v) is 5.31. The number of nitrogens with one attached hydrogen (secondary N) is 1. The van der Waals surface area contributed by atoms with Crippen LogP contribution in [0.1, 0.15) is 40.7 Å². The van der Waals surface area contributed by atoms with E-state index in [4.69, 9.17) is 4.74 Å². The number of thiophene rings is 1. The van der Waals surface area contributed by atoms with Crippen molar-refractivity contribution in [3.05, 3.63) is 88.1 Å². The standard InChI is InChI=1S/C23H23NO3S/c1-16(2)22(20-9-6-14-28-20)24-21(25)15-27-19-12-10-18(11-13-19)23(26)17-7-4-3-5-8-17/h3-14,16,22H,15H2,1-2H3,(H,24,25). The Bertz CT molecular complexity index is 903. The van der Waals surface area contributed by atoms with Crippen LogP contribution in [0.5, 0.6) is 5.75 Å². The number of amides is 1. The fraction of sp³-hybridized carbons (Fsp3) is 0.217. The van der Waals surface area contributed by atoms with Crippen LogP contribution in [0.25, 0.3) is 0 Å². The van der Waals surface area contributed by atoms with Crippen molar-refractivity contribution >= 4 is 23.0 Å². The molecule has 5 heteroatoms. The van der Waals surface area contributed by atoms with Crippen LogP contribution in [0.3, 0.4) is 0 Å². The van der Waals surface area contributed by atoms with Gasteiger partial charge in [0.2, 0.25) is 0 Å². The van der Waals surface area contributed by atoms with Gasteiger partial charge in [0.1, 0.15) is 5.75 Å². The molecule has 0 aliphatic heterocycles. The monoisotopic (exact) mass is 393 g/mol. The first kappa shape index (κ1) is 19.8. The van der Waals surface area contributed by atoms with Gasteiger partial charge in [-0.2, -0.15) is 0 Å². The molecule has 0 aliphatic rings. The highest BCUT2D eigenvalue weighted by atomic mass is 32.1. The minimum atomic E-state index is -0.170. The number of hydrogen-bond donors (Lipinski definition) is 1. The quantitative estimate of drug-likeness (QED) is 0.556. The Morgan fingerprint density at radius 2 is 1.61 bits per heavy atom. The van der Waals surface area contributed by atoms with Crippen molar-refractivity contribution in [2.45, 2.75) is 19.9 Å². The van der Waals surface area contributed by atoms with Gasteiger partial charge in [-0.1, -0.05) is 50.2 Å². The summed E-state index contributed by atoms with van der Waals surface area (Å²) < 4.78 is 5.59. The van der Waals surface area contributed by atoms with Crippen molar-refractivity contribution in [1.82, 2.24) is 5.32 Å². The second kappa shape index (κ2) is 9.33. The highest BCUT2D eigenvalue weighted by Crippen LogP contribution is 2.25. The summed E-state index contributed by atoms with van der Waals surface area (Å²) in [5.41, 5.74) is 1.23. The molecule has 3 aromatic rings. The fourth-order valence-corrected chi connectivity index (χ4v) is 3.81. The van der Waals surface area contributed by atoms with E-state index in [0.717, 1.165) is 4.88 Å². The molecule has 0 saturated heterocycles. The molecular weight excluding hydrogens is 370 g/mol. The summed E-state index contributed by atoms with van der Waals surface area (Å²) in [5.74, 6) is 0.625. The van der Waals surface area contributed by atoms with Crippen molar-refractivity contribution in [2.24, 2.45) is 5.92 Å². The first-order valence-corrected chi connectivity index (χ1v) is 10.1. The molecule has 1 N–H and O–H groups in total. The smallest absolute Gasteiger partial charge is 0.258 e. The molecule has 28 heavy (non-hydrogen) atoms. The van der Waals surface area contributed by atoms with Crippen LogP contribution in [-0.2, 0) is 4.79 Å². The van der Waals surface area contributed by atoms with Crippen LogP contribution < -0.4 is 10.1 Å². The Morgan fingerprint density at radius 3 is 2.21 bits per heavy atom. The number of hydrogen-bond acceptors (Lipinski definition) is 4. The van der Waals surface area contributed by atoms with Gasteiger partial charge in [-0.25, -0.2) is 0 Å². The minimum Gasteiger partial charge on any atom is -0.484 e. The van der Waals surface area contributed by atoms with E-state index in [0.29, 0.717) is 16.9 Å². The molecule has 1 aromatic heterocycles. The Kier molecular flexibility index (Phi) is 6.61. The first-order chi connectivity index (χ1) is 13.5. The third-order valence-electron chi connectivity index (χ3n) is 4.36. The van der Waals surface area contributed by atoms with Gasteiger partial charge in [0.25, 0.3) is 5.91 Å². The summed E-state index contributed by atoms with van der Waals surface area (Å²) in [6.45, 7) is 4.09. The zero-order chi connectivity index (χ0) is 19.9. The molecule has 0 saturated carbocycles. The van der Waals surface area contributed by atoms with Gasteiger partial charge in [0, 0.05) is 16.0 Å². The summed E-state index contributed by atoms with van der Waals surface area (Å²) in [6, 6.07) is 20.0. The van der Waals surface area contributed by atoms with E-state index in [2.05, 4.69) is 19.2 Å². The van der Waals surface area contributed by atoms with Gasteiger partial charge in [-0.3, -0.25) is 9.59 Å². The summed E-state index contributed by atoms with van der Waals surface area (Å²) in [4.78, 5) is 25.8. The first-order valence-electron chi connectivity index (χ1n) is 9.20. The zero-order valence-electron chi connectivity index (χ0n) is 15.9. The number of carbonyl (C=O) groups is 2. The SMILES string of the molecule is CC(C)C(NC(=O)COc1ccc(C(=O)c2ccccc2)cc1)c1cccs1. The maximum Gasteiger partial charge on any atom is 0.258 e. The molecule has 0 radical (unpaired) electrons. The lowest BCUT2D eigenvalue weighted by atomic mass is 10.0. The fourth-order valence-electron chi connectivity index (χ4n) is 2.86. The summed E-state index contributed by atoms with van der Waals surface area (Å²) in [6.07, 6.45) is 0. The van der Waals surface area contributed by atoms with Crippen molar-refractivity contribution in [2.75, 3.05) is 6.61 Å². The average molecular weight is 394 g/mol. The topological polar surface area (TPSA) is 55.4 Å². The predicted octanol–water partition coefficient (Wildman–Crippen LogP) is 4.87. The van der Waals surface area contributed by atoms with Crippen molar-refractivity contribution < 1.29 is 14.3 Å². The van der Waals surface area contributed by atoms with Crippen LogP contribution in [0.15, 0.2) is 72.1 Å². The van der Waals surface area contributed by atoms with E-state index < -0.39 is 0 Å². The van der Waals surface area contributed by atoms with E-state index in [1.165, 1.54) is 0 Å². The van der Waals surface area contributed by atoms with Gasteiger partial charge in [0.15, 0.2) is 12.4 Å². The summed E-state index contributed by atoms with van der Waals surface area (Å²) >= 11 is 1.63. The minimum absolute atomic E-state index is 0.0260. The second-order valence-electron chi connectivity index (χ2n) is 6.81. The summed E-state index contributed by atoms with van der Waals surface area (Å²) in [7, 11) is 0. The molecule has 0 bridgehead atoms. The number of benzene rings is 2. The van der Waals surface area contributed by atoms with Gasteiger partial charge in [-0.05, 0) is 41.6 Å². The molecule has 0 fully saturated rings. The van der Waals surface area contributed by atoms with Crippen LogP contribution in [0.2, 0.25) is 0 Å². The van der Waals surface area contributed by atoms with Gasteiger partial charge in [0.05, 0.1) is 6.04 Å². The van der Waals surface area contributed by atoms with Gasteiger partial charge >= 0.3 is 0 Å². The van der Waals surface area contributed by atoms with Gasteiger partial charge in [-0.15, -0.1) is 11.3 Å². The molecule has 3 rings (SSSR count). The van der Waals surface area contributed by atoms with Crippen molar-refractivity contribution in [3.8, 4) is 5.75 Å². The normalized spacial score (nSPS) is 11.8. The maximum absolute atomic E-state index is 12.4. The lowest BCUT2D eigenvalue weighted by Gasteiger charge is -2.21. The van der Waals surface area contributed by atoms with Crippen LogP contribution in [0, 0.1) is 5.92 Å². The number of carbonyl (C=O) groups excluding carboxylic acids is 2. The molecule has 0 spiro atoms. The Labute approximate surface area is 169 Å². The molecule has 0 aliphatic carbocycles. The van der Waals surface area contributed by atoms with E-state index in [1.54, 1.807) is 47.7 Å². The van der Waals surface area contributed by atoms with E-state index in [-0.39, 0.29) is 30.3 Å². The number of rotatable bonds is 8. The highest BCUT2D eigenvalue weighted by Gasteiger charge is 2.19. The second-order valence-corrected chi connectivity index (χ2v) is 7.79. The van der Waals surface area contributed by atoms with E-state index in [9.17, 15) is 9.59 Å². The molecule has 4 nitrogen and oxygen atoms in total. The molecular formula is C23H23NO3S. The molecule has 1 unspecified atom stereocenters. The van der Waals surface area contributed by atoms with E-state index in [1.807, 2.05) is 35.7 Å². The average Bonchev–Trinajstić information content (AvgIpc) is 3.25. The number of ether oxygens (including phenoxy) is 1. The maximum atomic E-state index is 12.4.